The van der Waals surface area contributed by atoms with E-state index in [1.54, 1.807) is 0 Å². The van der Waals surface area contributed by atoms with Gasteiger partial charge in [-0.05, 0) is 12.8 Å². The molecule has 2 nitrogen and oxygen atoms in total. The van der Waals surface area contributed by atoms with Crippen LogP contribution in [-0.2, 0) is 4.74 Å². The van der Waals surface area contributed by atoms with Gasteiger partial charge in [0.2, 0.25) is 0 Å². The van der Waals surface area contributed by atoms with Crippen molar-refractivity contribution in [2.75, 3.05) is 19.8 Å². The Morgan fingerprint density at radius 1 is 1.55 bits per heavy atom. The summed E-state index contributed by atoms with van der Waals surface area (Å²) in [4.78, 5) is 0. The Morgan fingerprint density at radius 2 is 2.36 bits per heavy atom. The number of ether oxygens (including phenoxy) is 1. The molecule has 1 unspecified atom stereocenters. The van der Waals surface area contributed by atoms with E-state index in [-0.39, 0.29) is 5.41 Å². The molecular weight excluding hydrogens is 140 g/mol. The van der Waals surface area contributed by atoms with Crippen LogP contribution in [0.1, 0.15) is 32.6 Å². The maximum atomic E-state index is 9.16. The maximum Gasteiger partial charge on any atom is 0.0545 e. The van der Waals surface area contributed by atoms with E-state index >= 15 is 0 Å². The maximum absolute atomic E-state index is 9.16. The second-order valence-electron chi connectivity index (χ2n) is 3.56. The molecule has 0 aromatic heterocycles. The average molecular weight is 158 g/mol. The first-order valence-corrected chi connectivity index (χ1v) is 4.51. The normalized spacial score (nSPS) is 31.1. The molecule has 2 heteroatoms. The van der Waals surface area contributed by atoms with Crippen LogP contribution in [0.2, 0.25) is 0 Å². The molecule has 1 aliphatic rings. The summed E-state index contributed by atoms with van der Waals surface area (Å²) >= 11 is 0. The third-order valence-electron chi connectivity index (χ3n) is 2.58. The Bertz CT molecular complexity index is 106. The predicted molar refractivity (Wildman–Crippen MR) is 44.5 cm³/mol. The summed E-state index contributed by atoms with van der Waals surface area (Å²) in [6.45, 7) is 4.08. The van der Waals surface area contributed by atoms with E-state index in [4.69, 9.17) is 9.84 Å². The molecule has 0 bridgehead atoms. The Hall–Kier alpha value is -0.0800. The summed E-state index contributed by atoms with van der Waals surface area (Å²) in [6.07, 6.45) is 4.59. The van der Waals surface area contributed by atoms with Crippen LogP contribution in [0, 0.1) is 5.41 Å². The van der Waals surface area contributed by atoms with Crippen molar-refractivity contribution in [1.29, 1.82) is 0 Å². The Labute approximate surface area is 68.6 Å². The number of hydrogen-bond acceptors (Lipinski definition) is 2. The van der Waals surface area contributed by atoms with Gasteiger partial charge in [0.05, 0.1) is 13.2 Å². The monoisotopic (exact) mass is 158 g/mol. The molecule has 11 heavy (non-hydrogen) atoms. The minimum atomic E-state index is 0.121. The molecular formula is C9H18O2. The third kappa shape index (κ3) is 2.17. The van der Waals surface area contributed by atoms with Crippen molar-refractivity contribution < 1.29 is 9.84 Å². The zero-order chi connectivity index (χ0) is 8.16. The molecule has 1 fully saturated rings. The first-order valence-electron chi connectivity index (χ1n) is 4.51. The largest absolute Gasteiger partial charge is 0.396 e. The molecule has 0 amide bonds. The van der Waals surface area contributed by atoms with Gasteiger partial charge in [0.15, 0.2) is 0 Å². The summed E-state index contributed by atoms with van der Waals surface area (Å²) in [5.74, 6) is 0. The van der Waals surface area contributed by atoms with Crippen molar-refractivity contribution in [1.82, 2.24) is 0 Å². The van der Waals surface area contributed by atoms with Gasteiger partial charge in [-0.1, -0.05) is 19.8 Å². The minimum Gasteiger partial charge on any atom is -0.396 e. The van der Waals surface area contributed by atoms with E-state index in [0.29, 0.717) is 6.61 Å². The number of rotatable bonds is 4. The minimum absolute atomic E-state index is 0.121. The van der Waals surface area contributed by atoms with Gasteiger partial charge in [0, 0.05) is 12.0 Å². The lowest BCUT2D eigenvalue weighted by Gasteiger charge is -2.23. The van der Waals surface area contributed by atoms with Gasteiger partial charge in [-0.2, -0.15) is 0 Å². The third-order valence-corrected chi connectivity index (χ3v) is 2.58. The second-order valence-corrected chi connectivity index (χ2v) is 3.56. The van der Waals surface area contributed by atoms with Crippen LogP contribution in [0.3, 0.4) is 0 Å². The number of aliphatic hydroxyl groups is 1. The van der Waals surface area contributed by atoms with E-state index in [2.05, 4.69) is 6.92 Å². The van der Waals surface area contributed by atoms with E-state index < -0.39 is 0 Å². The lowest BCUT2D eigenvalue weighted by Crippen LogP contribution is -2.25. The average Bonchev–Trinajstić information content (AvgIpc) is 2.50. The van der Waals surface area contributed by atoms with E-state index in [1.165, 1.54) is 12.8 Å². The van der Waals surface area contributed by atoms with E-state index in [9.17, 15) is 0 Å². The SMILES string of the molecule is CCCCC1(CO)CCOC1. The lowest BCUT2D eigenvalue weighted by molar-refractivity contribution is 0.0847. The van der Waals surface area contributed by atoms with Crippen LogP contribution in [0.25, 0.3) is 0 Å². The van der Waals surface area contributed by atoms with E-state index in [1.807, 2.05) is 0 Å². The van der Waals surface area contributed by atoms with Crippen molar-refractivity contribution in [2.45, 2.75) is 32.6 Å². The molecule has 1 rings (SSSR count). The molecule has 66 valence electrons. The van der Waals surface area contributed by atoms with E-state index in [0.717, 1.165) is 26.1 Å². The highest BCUT2D eigenvalue weighted by molar-refractivity contribution is 4.82. The van der Waals surface area contributed by atoms with Crippen LogP contribution in [-0.4, -0.2) is 24.9 Å². The summed E-state index contributed by atoms with van der Waals surface area (Å²) in [6, 6.07) is 0. The van der Waals surface area contributed by atoms with Gasteiger partial charge in [-0.25, -0.2) is 0 Å². The number of unbranched alkanes of at least 4 members (excludes halogenated alkanes) is 1. The second kappa shape index (κ2) is 4.07. The molecule has 0 saturated carbocycles. The van der Waals surface area contributed by atoms with Gasteiger partial charge in [-0.3, -0.25) is 0 Å². The van der Waals surface area contributed by atoms with Gasteiger partial charge in [-0.15, -0.1) is 0 Å². The zero-order valence-corrected chi connectivity index (χ0v) is 7.31. The number of hydrogen-bond donors (Lipinski definition) is 1. The van der Waals surface area contributed by atoms with Crippen LogP contribution in [0.4, 0.5) is 0 Å². The first-order chi connectivity index (χ1) is 5.33. The van der Waals surface area contributed by atoms with Gasteiger partial charge in [0.25, 0.3) is 0 Å². The highest BCUT2D eigenvalue weighted by Crippen LogP contribution is 2.33. The fraction of sp³-hybridized carbons (Fsp3) is 1.00. The quantitative estimate of drug-likeness (QED) is 0.673. The summed E-state index contributed by atoms with van der Waals surface area (Å²) in [5, 5.41) is 9.16. The van der Waals surface area contributed by atoms with Crippen LogP contribution in [0.15, 0.2) is 0 Å². The van der Waals surface area contributed by atoms with Crippen LogP contribution in [0.5, 0.6) is 0 Å². The molecule has 0 radical (unpaired) electrons. The Balaban J connectivity index is 2.33. The first kappa shape index (κ1) is 9.01. The standard InChI is InChI=1S/C9H18O2/c1-2-3-4-9(7-10)5-6-11-8-9/h10H,2-8H2,1H3. The highest BCUT2D eigenvalue weighted by atomic mass is 16.5. The van der Waals surface area contributed by atoms with Crippen molar-refractivity contribution in [2.24, 2.45) is 5.41 Å². The van der Waals surface area contributed by atoms with Crippen LogP contribution >= 0.6 is 0 Å². The lowest BCUT2D eigenvalue weighted by atomic mass is 9.83. The van der Waals surface area contributed by atoms with Crippen molar-refractivity contribution >= 4 is 0 Å². The molecule has 1 N–H and O–H groups in total. The smallest absolute Gasteiger partial charge is 0.0545 e. The molecule has 1 saturated heterocycles. The molecule has 0 aromatic carbocycles. The Morgan fingerprint density at radius 3 is 2.82 bits per heavy atom. The zero-order valence-electron chi connectivity index (χ0n) is 7.31. The van der Waals surface area contributed by atoms with Gasteiger partial charge >= 0.3 is 0 Å². The predicted octanol–water partition coefficient (Wildman–Crippen LogP) is 1.58. The van der Waals surface area contributed by atoms with Crippen molar-refractivity contribution in [3.05, 3.63) is 0 Å². The fourth-order valence-electron chi connectivity index (χ4n) is 1.60. The van der Waals surface area contributed by atoms with Crippen molar-refractivity contribution in [3.63, 3.8) is 0 Å². The fourth-order valence-corrected chi connectivity index (χ4v) is 1.60. The summed E-state index contributed by atoms with van der Waals surface area (Å²) in [5.41, 5.74) is 0.121. The molecule has 0 aliphatic carbocycles. The summed E-state index contributed by atoms with van der Waals surface area (Å²) in [7, 11) is 0. The summed E-state index contributed by atoms with van der Waals surface area (Å²) < 4.78 is 5.29. The van der Waals surface area contributed by atoms with Gasteiger partial charge < -0.3 is 9.84 Å². The molecule has 1 heterocycles. The topological polar surface area (TPSA) is 29.5 Å². The molecule has 0 aromatic rings. The number of aliphatic hydroxyl groups excluding tert-OH is 1. The molecule has 1 aliphatic heterocycles. The highest BCUT2D eigenvalue weighted by Gasteiger charge is 2.33. The Kier molecular flexibility index (Phi) is 3.34. The van der Waals surface area contributed by atoms with Crippen LogP contribution < -0.4 is 0 Å². The van der Waals surface area contributed by atoms with Gasteiger partial charge in [0.1, 0.15) is 0 Å². The van der Waals surface area contributed by atoms with Crippen molar-refractivity contribution in [3.8, 4) is 0 Å². The molecule has 1 atom stereocenters. The molecule has 0 spiro atoms.